The number of anilines is 1. The number of aromatic nitrogens is 3. The molecule has 164 valence electrons. The number of hydrogen-bond acceptors (Lipinski definition) is 7. The van der Waals surface area contributed by atoms with Crippen LogP contribution >= 0.6 is 11.3 Å². The number of rotatable bonds is 8. The molecule has 4 rings (SSSR count). The molecule has 0 aliphatic carbocycles. The predicted molar refractivity (Wildman–Crippen MR) is 123 cm³/mol. The number of carbonyl (C=O) groups excluding carboxylic acids is 1. The minimum atomic E-state index is -0.591. The van der Waals surface area contributed by atoms with Crippen molar-refractivity contribution in [3.8, 4) is 11.5 Å². The highest BCUT2D eigenvalue weighted by atomic mass is 32.1. The smallest absolute Gasteiger partial charge is 0.275 e. The number of amides is 1. The van der Waals surface area contributed by atoms with Crippen LogP contribution < -0.4 is 10.1 Å². The van der Waals surface area contributed by atoms with Crippen LogP contribution in [0.15, 0.2) is 55.1 Å². The highest BCUT2D eigenvalue weighted by Gasteiger charge is 2.14. The van der Waals surface area contributed by atoms with Gasteiger partial charge < -0.3 is 10.1 Å². The van der Waals surface area contributed by atoms with Crippen LogP contribution in [0.2, 0.25) is 0 Å². The number of ether oxygens (including phenoxy) is 1. The number of benzene rings is 1. The molecule has 0 saturated carbocycles. The van der Waals surface area contributed by atoms with Crippen LogP contribution in [0.4, 0.5) is 10.1 Å². The van der Waals surface area contributed by atoms with Gasteiger partial charge in [-0.1, -0.05) is 13.8 Å². The second kappa shape index (κ2) is 9.80. The largest absolute Gasteiger partial charge is 0.453 e. The Labute approximate surface area is 188 Å². The lowest BCUT2D eigenvalue weighted by molar-refractivity contribution is 0.102. The molecule has 3 aromatic heterocycles. The molecule has 32 heavy (non-hydrogen) atoms. The highest BCUT2D eigenvalue weighted by molar-refractivity contribution is 7.19. The molecular formula is C23H22FN5O2S. The summed E-state index contributed by atoms with van der Waals surface area (Å²) in [6, 6.07) is 8.04. The Bertz CT molecular complexity index is 1230. The van der Waals surface area contributed by atoms with E-state index in [2.05, 4.69) is 39.0 Å². The summed E-state index contributed by atoms with van der Waals surface area (Å²) in [4.78, 5) is 27.9. The van der Waals surface area contributed by atoms with Gasteiger partial charge in [-0.15, -0.1) is 11.3 Å². The van der Waals surface area contributed by atoms with Gasteiger partial charge in [0.2, 0.25) is 0 Å². The zero-order chi connectivity index (χ0) is 22.5. The maximum absolute atomic E-state index is 14.7. The second-order valence-electron chi connectivity index (χ2n) is 6.99. The van der Waals surface area contributed by atoms with Crippen molar-refractivity contribution < 1.29 is 13.9 Å². The fraction of sp³-hybridized carbons (Fsp3) is 0.217. The zero-order valence-electron chi connectivity index (χ0n) is 17.7. The molecule has 0 bridgehead atoms. The Morgan fingerprint density at radius 3 is 2.66 bits per heavy atom. The van der Waals surface area contributed by atoms with Gasteiger partial charge in [0.1, 0.15) is 11.4 Å². The summed E-state index contributed by atoms with van der Waals surface area (Å²) in [7, 11) is 0. The normalized spacial score (nSPS) is 11.1. The van der Waals surface area contributed by atoms with Gasteiger partial charge in [0.15, 0.2) is 11.6 Å². The maximum atomic E-state index is 14.7. The standard InChI is InChI=1S/C23H22FN5O2S/c1-3-29(4-2)14-16-12-18-22(32-16)21(7-8-26-18)31-20-6-5-15(11-17(20)24)28-23(30)19-13-25-9-10-27-19/h5-13H,3-4,14H2,1-2H3,(H,28,30). The highest BCUT2D eigenvalue weighted by Crippen LogP contribution is 2.36. The topological polar surface area (TPSA) is 80.2 Å². The van der Waals surface area contributed by atoms with Crippen LogP contribution in [0.5, 0.6) is 11.5 Å². The Balaban J connectivity index is 1.52. The third kappa shape index (κ3) is 4.90. The first-order chi connectivity index (χ1) is 15.6. The fourth-order valence-electron chi connectivity index (χ4n) is 3.18. The van der Waals surface area contributed by atoms with E-state index in [9.17, 15) is 9.18 Å². The molecule has 7 nitrogen and oxygen atoms in total. The predicted octanol–water partition coefficient (Wildman–Crippen LogP) is 5.11. The molecule has 1 amide bonds. The van der Waals surface area contributed by atoms with Crippen molar-refractivity contribution in [1.82, 2.24) is 19.9 Å². The molecule has 9 heteroatoms. The van der Waals surface area contributed by atoms with E-state index in [1.54, 1.807) is 29.7 Å². The molecule has 4 aromatic rings. The van der Waals surface area contributed by atoms with E-state index in [-0.39, 0.29) is 11.4 Å². The summed E-state index contributed by atoms with van der Waals surface area (Å²) in [5.41, 5.74) is 1.26. The van der Waals surface area contributed by atoms with E-state index < -0.39 is 11.7 Å². The number of fused-ring (bicyclic) bond motifs is 1. The molecule has 0 aliphatic heterocycles. The van der Waals surface area contributed by atoms with Gasteiger partial charge in [0.05, 0.1) is 16.4 Å². The average molecular weight is 452 g/mol. The van der Waals surface area contributed by atoms with E-state index in [1.165, 1.54) is 35.6 Å². The van der Waals surface area contributed by atoms with Crippen molar-refractivity contribution in [2.24, 2.45) is 0 Å². The van der Waals surface area contributed by atoms with Crippen molar-refractivity contribution in [2.45, 2.75) is 20.4 Å². The third-order valence-corrected chi connectivity index (χ3v) is 6.03. The van der Waals surface area contributed by atoms with Gasteiger partial charge in [-0.25, -0.2) is 9.37 Å². The van der Waals surface area contributed by atoms with Crippen molar-refractivity contribution >= 4 is 33.1 Å². The lowest BCUT2D eigenvalue weighted by atomic mass is 10.2. The number of nitrogens with one attached hydrogen (secondary N) is 1. The quantitative estimate of drug-likeness (QED) is 0.401. The van der Waals surface area contributed by atoms with Crippen LogP contribution in [0.25, 0.3) is 10.2 Å². The molecule has 1 aromatic carbocycles. The molecule has 1 N–H and O–H groups in total. The number of nitrogens with zero attached hydrogens (tertiary/aromatic N) is 4. The minimum absolute atomic E-state index is 0.0636. The number of pyridine rings is 1. The van der Waals surface area contributed by atoms with Gasteiger partial charge in [-0.2, -0.15) is 0 Å². The van der Waals surface area contributed by atoms with E-state index in [4.69, 9.17) is 4.74 Å². The molecule has 0 unspecified atom stereocenters. The van der Waals surface area contributed by atoms with Gasteiger partial charge in [-0.3, -0.25) is 19.7 Å². The van der Waals surface area contributed by atoms with Crippen molar-refractivity contribution in [3.63, 3.8) is 0 Å². The van der Waals surface area contributed by atoms with Crippen molar-refractivity contribution in [1.29, 1.82) is 0 Å². The van der Waals surface area contributed by atoms with Crippen LogP contribution in [-0.2, 0) is 6.54 Å². The van der Waals surface area contributed by atoms with Crippen LogP contribution in [-0.4, -0.2) is 38.8 Å². The molecule has 3 heterocycles. The molecule has 0 aliphatic rings. The van der Waals surface area contributed by atoms with Crippen LogP contribution in [0.3, 0.4) is 0 Å². The first kappa shape index (κ1) is 21.8. The summed E-state index contributed by atoms with van der Waals surface area (Å²) < 4.78 is 21.5. The summed E-state index contributed by atoms with van der Waals surface area (Å²) >= 11 is 1.60. The summed E-state index contributed by atoms with van der Waals surface area (Å²) in [6.45, 7) is 7.03. The van der Waals surface area contributed by atoms with Crippen LogP contribution in [0, 0.1) is 5.82 Å². The number of hydrogen-bond donors (Lipinski definition) is 1. The minimum Gasteiger partial charge on any atom is -0.453 e. The van der Waals surface area contributed by atoms with Crippen molar-refractivity contribution in [3.05, 3.63) is 71.5 Å². The summed E-state index contributed by atoms with van der Waals surface area (Å²) in [5.74, 6) is -0.456. The first-order valence-electron chi connectivity index (χ1n) is 10.2. The van der Waals surface area contributed by atoms with E-state index in [1.807, 2.05) is 6.07 Å². The number of thiophene rings is 1. The Kier molecular flexibility index (Phi) is 6.67. The monoisotopic (exact) mass is 451 g/mol. The molecule has 0 radical (unpaired) electrons. The average Bonchev–Trinajstić information content (AvgIpc) is 3.23. The Morgan fingerprint density at radius 1 is 1.09 bits per heavy atom. The zero-order valence-corrected chi connectivity index (χ0v) is 18.5. The van der Waals surface area contributed by atoms with Crippen molar-refractivity contribution in [2.75, 3.05) is 18.4 Å². The SMILES string of the molecule is CCN(CC)Cc1cc2nccc(Oc3ccc(NC(=O)c4cnccn4)cc3F)c2s1. The van der Waals surface area contributed by atoms with Gasteiger partial charge in [0, 0.05) is 47.8 Å². The molecule has 0 fully saturated rings. The fourth-order valence-corrected chi connectivity index (χ4v) is 4.29. The van der Waals surface area contributed by atoms with Gasteiger partial charge >= 0.3 is 0 Å². The van der Waals surface area contributed by atoms with Gasteiger partial charge in [-0.05, 0) is 31.3 Å². The Morgan fingerprint density at radius 2 is 1.94 bits per heavy atom. The molecule has 0 atom stereocenters. The molecule has 0 saturated heterocycles. The van der Waals surface area contributed by atoms with E-state index in [0.29, 0.717) is 11.4 Å². The van der Waals surface area contributed by atoms with Gasteiger partial charge in [0.25, 0.3) is 5.91 Å². The molecular weight excluding hydrogens is 429 g/mol. The lowest BCUT2D eigenvalue weighted by Crippen LogP contribution is -2.21. The van der Waals surface area contributed by atoms with Crippen LogP contribution in [0.1, 0.15) is 29.2 Å². The third-order valence-electron chi connectivity index (χ3n) is 4.91. The second-order valence-corrected chi connectivity index (χ2v) is 8.13. The molecule has 0 spiro atoms. The maximum Gasteiger partial charge on any atom is 0.275 e. The Hall–Kier alpha value is -3.43. The van der Waals surface area contributed by atoms with E-state index in [0.717, 1.165) is 29.9 Å². The number of halogens is 1. The lowest BCUT2D eigenvalue weighted by Gasteiger charge is -2.16. The first-order valence-corrected chi connectivity index (χ1v) is 11.0. The summed E-state index contributed by atoms with van der Waals surface area (Å²) in [6.07, 6.45) is 5.88. The van der Waals surface area contributed by atoms with E-state index >= 15 is 0 Å². The number of carbonyl (C=O) groups is 1. The summed E-state index contributed by atoms with van der Waals surface area (Å²) in [5, 5.41) is 2.60.